The lowest BCUT2D eigenvalue weighted by Crippen LogP contribution is -2.25. The van der Waals surface area contributed by atoms with Crippen molar-refractivity contribution in [2.75, 3.05) is 7.11 Å². The lowest BCUT2D eigenvalue weighted by molar-refractivity contribution is -0.137. The van der Waals surface area contributed by atoms with E-state index in [4.69, 9.17) is 4.74 Å². The second kappa shape index (κ2) is 8.12. The van der Waals surface area contributed by atoms with Crippen LogP contribution < -0.4 is 5.56 Å². The fourth-order valence-electron chi connectivity index (χ4n) is 2.49. The standard InChI is InChI=1S/C20H15F3N2O3S/c1-12-6-8-15(9-7-12)29-16-11-17(26)25(24-18(16)19(27)28-2)14-5-3-4-13(10-14)20(21,22)23/h3-11H,1-2H3. The van der Waals surface area contributed by atoms with E-state index in [1.165, 1.54) is 12.1 Å². The van der Waals surface area contributed by atoms with Gasteiger partial charge < -0.3 is 4.74 Å². The van der Waals surface area contributed by atoms with E-state index in [0.717, 1.165) is 52.2 Å². The smallest absolute Gasteiger partial charge is 0.416 e. The fraction of sp³-hybridized carbons (Fsp3) is 0.150. The van der Waals surface area contributed by atoms with Gasteiger partial charge in [-0.25, -0.2) is 4.79 Å². The molecule has 3 aromatic rings. The predicted octanol–water partition coefficient (Wildman–Crippen LogP) is 4.50. The molecular weight excluding hydrogens is 405 g/mol. The highest BCUT2D eigenvalue weighted by Gasteiger charge is 2.31. The highest BCUT2D eigenvalue weighted by Crippen LogP contribution is 2.31. The summed E-state index contributed by atoms with van der Waals surface area (Å²) in [6.45, 7) is 1.92. The molecule has 3 rings (SSSR count). The SMILES string of the molecule is COC(=O)c1nn(-c2cccc(C(F)(F)F)c2)c(=O)cc1Sc1ccc(C)cc1. The zero-order valence-corrected chi connectivity index (χ0v) is 16.2. The van der Waals surface area contributed by atoms with Crippen LogP contribution in [0.1, 0.15) is 21.6 Å². The van der Waals surface area contributed by atoms with Gasteiger partial charge in [0, 0.05) is 11.0 Å². The quantitative estimate of drug-likeness (QED) is 0.582. The van der Waals surface area contributed by atoms with Gasteiger partial charge in [-0.3, -0.25) is 4.79 Å². The van der Waals surface area contributed by atoms with Crippen LogP contribution in [-0.2, 0) is 10.9 Å². The number of methoxy groups -OCH3 is 1. The molecule has 0 spiro atoms. The highest BCUT2D eigenvalue weighted by molar-refractivity contribution is 7.99. The number of hydrogen-bond acceptors (Lipinski definition) is 5. The first kappa shape index (κ1) is 20.7. The first-order valence-corrected chi connectivity index (χ1v) is 9.15. The maximum Gasteiger partial charge on any atom is 0.416 e. The molecule has 2 aromatic carbocycles. The Morgan fingerprint density at radius 2 is 1.79 bits per heavy atom. The Kier molecular flexibility index (Phi) is 5.78. The van der Waals surface area contributed by atoms with E-state index < -0.39 is 23.3 Å². The number of hydrogen-bond donors (Lipinski definition) is 0. The second-order valence-electron chi connectivity index (χ2n) is 6.06. The molecule has 0 saturated heterocycles. The first-order chi connectivity index (χ1) is 13.7. The Bertz CT molecular complexity index is 1110. The number of rotatable bonds is 4. The largest absolute Gasteiger partial charge is 0.464 e. The number of esters is 1. The van der Waals surface area contributed by atoms with Crippen LogP contribution in [0.25, 0.3) is 5.69 Å². The Morgan fingerprint density at radius 1 is 1.10 bits per heavy atom. The summed E-state index contributed by atoms with van der Waals surface area (Å²) in [6.07, 6.45) is -4.58. The Balaban J connectivity index is 2.10. The monoisotopic (exact) mass is 420 g/mol. The van der Waals surface area contributed by atoms with Crippen molar-refractivity contribution >= 4 is 17.7 Å². The molecule has 0 amide bonds. The van der Waals surface area contributed by atoms with Crippen molar-refractivity contribution in [1.29, 1.82) is 0 Å². The average molecular weight is 420 g/mol. The lowest BCUT2D eigenvalue weighted by Gasteiger charge is -2.12. The molecule has 150 valence electrons. The number of nitrogens with zero attached hydrogens (tertiary/aromatic N) is 2. The zero-order valence-electron chi connectivity index (χ0n) is 15.4. The van der Waals surface area contributed by atoms with Crippen molar-refractivity contribution in [3.8, 4) is 5.69 Å². The van der Waals surface area contributed by atoms with Gasteiger partial charge in [0.15, 0.2) is 5.69 Å². The molecule has 29 heavy (non-hydrogen) atoms. The Labute approximate surface area is 168 Å². The van der Waals surface area contributed by atoms with E-state index in [2.05, 4.69) is 5.10 Å². The van der Waals surface area contributed by atoms with E-state index in [9.17, 15) is 22.8 Å². The van der Waals surface area contributed by atoms with Gasteiger partial charge in [0.05, 0.1) is 23.3 Å². The van der Waals surface area contributed by atoms with Gasteiger partial charge >= 0.3 is 12.1 Å². The summed E-state index contributed by atoms with van der Waals surface area (Å²) in [5.74, 6) is -0.805. The Morgan fingerprint density at radius 3 is 2.41 bits per heavy atom. The Hall–Kier alpha value is -3.07. The molecule has 0 aliphatic rings. The third-order valence-electron chi connectivity index (χ3n) is 3.94. The van der Waals surface area contributed by atoms with Crippen LogP contribution in [0.2, 0.25) is 0 Å². The molecule has 0 atom stereocenters. The van der Waals surface area contributed by atoms with Gasteiger partial charge in [-0.05, 0) is 37.3 Å². The molecule has 0 aliphatic heterocycles. The normalized spacial score (nSPS) is 11.3. The van der Waals surface area contributed by atoms with E-state index >= 15 is 0 Å². The summed E-state index contributed by atoms with van der Waals surface area (Å²) >= 11 is 1.14. The third kappa shape index (κ3) is 4.68. The van der Waals surface area contributed by atoms with E-state index in [1.54, 1.807) is 0 Å². The molecule has 0 N–H and O–H groups in total. The van der Waals surface area contributed by atoms with Crippen LogP contribution in [0, 0.1) is 6.92 Å². The molecule has 0 saturated carbocycles. The summed E-state index contributed by atoms with van der Waals surface area (Å²) in [6, 6.07) is 12.7. The molecule has 1 heterocycles. The third-order valence-corrected chi connectivity index (χ3v) is 4.98. The topological polar surface area (TPSA) is 61.2 Å². The predicted molar refractivity (Wildman–Crippen MR) is 101 cm³/mol. The van der Waals surface area contributed by atoms with Gasteiger partial charge in [-0.15, -0.1) is 0 Å². The number of aryl methyl sites for hydroxylation is 1. The minimum Gasteiger partial charge on any atom is -0.464 e. The van der Waals surface area contributed by atoms with Crippen molar-refractivity contribution in [2.24, 2.45) is 0 Å². The van der Waals surface area contributed by atoms with Gasteiger partial charge in [-0.2, -0.15) is 23.0 Å². The van der Waals surface area contributed by atoms with E-state index in [0.29, 0.717) is 0 Å². The molecule has 0 bridgehead atoms. The number of alkyl halides is 3. The summed E-state index contributed by atoms with van der Waals surface area (Å²) in [7, 11) is 1.16. The molecule has 0 aliphatic carbocycles. The number of ether oxygens (including phenoxy) is 1. The minimum atomic E-state index is -4.58. The zero-order chi connectivity index (χ0) is 21.2. The number of benzene rings is 2. The van der Waals surface area contributed by atoms with Crippen molar-refractivity contribution in [2.45, 2.75) is 22.9 Å². The summed E-state index contributed by atoms with van der Waals surface area (Å²) in [4.78, 5) is 25.8. The molecule has 0 radical (unpaired) electrons. The number of carbonyl (C=O) groups is 1. The number of aromatic nitrogens is 2. The average Bonchev–Trinajstić information content (AvgIpc) is 2.69. The van der Waals surface area contributed by atoms with Gasteiger partial charge in [0.1, 0.15) is 0 Å². The van der Waals surface area contributed by atoms with Crippen LogP contribution in [0.4, 0.5) is 13.2 Å². The summed E-state index contributed by atoms with van der Waals surface area (Å²) in [5, 5.41) is 3.99. The number of halogens is 3. The van der Waals surface area contributed by atoms with Crippen molar-refractivity contribution in [3.05, 3.63) is 81.8 Å². The maximum absolute atomic E-state index is 13.0. The molecule has 0 unspecified atom stereocenters. The molecule has 9 heteroatoms. The molecule has 0 fully saturated rings. The van der Waals surface area contributed by atoms with Crippen molar-refractivity contribution in [3.63, 3.8) is 0 Å². The molecule has 5 nitrogen and oxygen atoms in total. The van der Waals surface area contributed by atoms with Crippen LogP contribution in [-0.4, -0.2) is 22.9 Å². The van der Waals surface area contributed by atoms with E-state index in [1.807, 2.05) is 31.2 Å². The minimum absolute atomic E-state index is 0.109. The van der Waals surface area contributed by atoms with Gasteiger partial charge in [0.25, 0.3) is 5.56 Å². The second-order valence-corrected chi connectivity index (χ2v) is 7.18. The van der Waals surface area contributed by atoms with Crippen LogP contribution >= 0.6 is 11.8 Å². The fourth-order valence-corrected chi connectivity index (χ4v) is 3.40. The van der Waals surface area contributed by atoms with Gasteiger partial charge in [-0.1, -0.05) is 35.5 Å². The maximum atomic E-state index is 13.0. The number of carbonyl (C=O) groups excluding carboxylic acids is 1. The molecule has 1 aromatic heterocycles. The van der Waals surface area contributed by atoms with Crippen LogP contribution in [0.5, 0.6) is 0 Å². The van der Waals surface area contributed by atoms with Crippen LogP contribution in [0.3, 0.4) is 0 Å². The summed E-state index contributed by atoms with van der Waals surface area (Å²) < 4.78 is 44.5. The molecular formula is C20H15F3N2O3S. The first-order valence-electron chi connectivity index (χ1n) is 8.34. The van der Waals surface area contributed by atoms with Gasteiger partial charge in [0.2, 0.25) is 0 Å². The summed E-state index contributed by atoms with van der Waals surface area (Å²) in [5.41, 5.74) is -0.842. The van der Waals surface area contributed by atoms with Crippen molar-refractivity contribution in [1.82, 2.24) is 9.78 Å². The highest BCUT2D eigenvalue weighted by atomic mass is 32.2. The van der Waals surface area contributed by atoms with Crippen molar-refractivity contribution < 1.29 is 22.7 Å². The lowest BCUT2D eigenvalue weighted by atomic mass is 10.2. The van der Waals surface area contributed by atoms with E-state index in [-0.39, 0.29) is 16.3 Å². The van der Waals surface area contributed by atoms with Crippen LogP contribution in [0.15, 0.2) is 69.2 Å².